The quantitative estimate of drug-likeness (QED) is 0.231. The van der Waals surface area contributed by atoms with Crippen molar-refractivity contribution in [2.45, 2.75) is 38.3 Å². The van der Waals surface area contributed by atoms with Gasteiger partial charge in [0.05, 0.1) is 30.1 Å². The van der Waals surface area contributed by atoms with Gasteiger partial charge in [0.2, 0.25) is 5.91 Å². The molecule has 40 heavy (non-hydrogen) atoms. The molecule has 1 aromatic carbocycles. The molecule has 0 radical (unpaired) electrons. The van der Waals surface area contributed by atoms with Crippen LogP contribution in [0, 0.1) is 0 Å². The minimum Gasteiger partial charge on any atom is -0.492 e. The van der Waals surface area contributed by atoms with Crippen molar-refractivity contribution in [2.24, 2.45) is 0 Å². The maximum absolute atomic E-state index is 12.0. The lowest BCUT2D eigenvalue weighted by molar-refractivity contribution is -0.127. The zero-order chi connectivity index (χ0) is 27.5. The number of carbonyl (C=O) groups is 1. The number of hydrogen-bond acceptors (Lipinski definition) is 8. The third kappa shape index (κ3) is 5.52. The summed E-state index contributed by atoms with van der Waals surface area (Å²) in [5.74, 6) is 2.67. The Bertz CT molecular complexity index is 1510. The Labute approximate surface area is 237 Å². The zero-order valence-electron chi connectivity index (χ0n) is 22.2. The van der Waals surface area contributed by atoms with E-state index in [0.717, 1.165) is 73.6 Å². The summed E-state index contributed by atoms with van der Waals surface area (Å²) in [4.78, 5) is 32.8. The molecule has 1 fully saturated rings. The van der Waals surface area contributed by atoms with Crippen LogP contribution in [0.5, 0.6) is 5.75 Å². The number of halogens is 1. The molecular formula is C28H32ClN9O2. The lowest BCUT2D eigenvalue weighted by Gasteiger charge is -2.31. The highest BCUT2D eigenvalue weighted by Crippen LogP contribution is 2.37. The smallest absolute Gasteiger partial charge is 0.245 e. The summed E-state index contributed by atoms with van der Waals surface area (Å²) in [6, 6.07) is 5.68. The van der Waals surface area contributed by atoms with Crippen LogP contribution in [0.4, 0.5) is 11.5 Å². The Morgan fingerprint density at radius 1 is 1.18 bits per heavy atom. The number of likely N-dealkylation sites (tertiary alicyclic amines) is 1. The fourth-order valence-corrected chi connectivity index (χ4v) is 5.78. The Balaban J connectivity index is 1.07. The summed E-state index contributed by atoms with van der Waals surface area (Å²) in [7, 11) is 0. The Morgan fingerprint density at radius 3 is 2.88 bits per heavy atom. The average Bonchev–Trinajstić information content (AvgIpc) is 3.63. The van der Waals surface area contributed by atoms with Gasteiger partial charge in [-0.1, -0.05) is 18.2 Å². The molecule has 0 saturated carbocycles. The normalized spacial score (nSPS) is 16.2. The van der Waals surface area contributed by atoms with E-state index >= 15 is 0 Å². The summed E-state index contributed by atoms with van der Waals surface area (Å²) in [5.41, 5.74) is 2.74. The highest BCUT2D eigenvalue weighted by molar-refractivity contribution is 6.32. The summed E-state index contributed by atoms with van der Waals surface area (Å²) < 4.78 is 7.95. The molecule has 2 aliphatic heterocycles. The van der Waals surface area contributed by atoms with Gasteiger partial charge in [0.15, 0.2) is 0 Å². The first kappa shape index (κ1) is 26.3. The molecule has 208 valence electrons. The molecule has 12 heteroatoms. The molecule has 1 amide bonds. The molecule has 0 bridgehead atoms. The third-order valence-electron chi connectivity index (χ3n) is 7.68. The number of H-pyrrole nitrogens is 1. The highest BCUT2D eigenvalue weighted by atomic mass is 35.5. The van der Waals surface area contributed by atoms with Gasteiger partial charge in [-0.15, -0.1) is 0 Å². The first-order chi connectivity index (χ1) is 19.6. The van der Waals surface area contributed by atoms with Gasteiger partial charge in [0, 0.05) is 38.1 Å². The number of hydrogen-bond donors (Lipinski definition) is 2. The number of aromatic nitrogens is 6. The van der Waals surface area contributed by atoms with Crippen molar-refractivity contribution < 1.29 is 9.53 Å². The summed E-state index contributed by atoms with van der Waals surface area (Å²) >= 11 is 6.60. The fraction of sp³-hybridized carbons (Fsp3) is 0.393. The van der Waals surface area contributed by atoms with Gasteiger partial charge in [0.1, 0.15) is 35.7 Å². The van der Waals surface area contributed by atoms with Gasteiger partial charge in [0.25, 0.3) is 0 Å². The first-order valence-electron chi connectivity index (χ1n) is 13.6. The molecule has 5 heterocycles. The van der Waals surface area contributed by atoms with Gasteiger partial charge >= 0.3 is 0 Å². The van der Waals surface area contributed by atoms with Crippen LogP contribution >= 0.6 is 11.6 Å². The Morgan fingerprint density at radius 2 is 2.05 bits per heavy atom. The molecule has 2 N–H and O–H groups in total. The van der Waals surface area contributed by atoms with Crippen LogP contribution in [0.25, 0.3) is 11.0 Å². The number of piperidine rings is 1. The van der Waals surface area contributed by atoms with E-state index in [2.05, 4.69) is 41.8 Å². The first-order valence-corrected chi connectivity index (χ1v) is 14.0. The van der Waals surface area contributed by atoms with Crippen LogP contribution in [-0.2, 0) is 17.9 Å². The van der Waals surface area contributed by atoms with Gasteiger partial charge in [-0.25, -0.2) is 19.6 Å². The molecule has 2 aliphatic rings. The maximum Gasteiger partial charge on any atom is 0.245 e. The number of fused-ring (bicyclic) bond motifs is 2. The number of nitrogens with zero attached hydrogens (tertiary/aromatic N) is 7. The predicted molar refractivity (Wildman–Crippen MR) is 153 cm³/mol. The summed E-state index contributed by atoms with van der Waals surface area (Å²) in [6.45, 7) is 9.17. The van der Waals surface area contributed by atoms with E-state index in [-0.39, 0.29) is 5.91 Å². The van der Waals surface area contributed by atoms with Crippen molar-refractivity contribution in [3.63, 3.8) is 0 Å². The number of anilines is 2. The lowest BCUT2D eigenvalue weighted by atomic mass is 9.89. The number of amides is 1. The van der Waals surface area contributed by atoms with Crippen molar-refractivity contribution in [2.75, 3.05) is 38.1 Å². The molecule has 1 saturated heterocycles. The van der Waals surface area contributed by atoms with Gasteiger partial charge < -0.3 is 19.9 Å². The highest BCUT2D eigenvalue weighted by Gasteiger charge is 2.26. The second-order valence-electron chi connectivity index (χ2n) is 10.1. The monoisotopic (exact) mass is 561 g/mol. The second-order valence-corrected chi connectivity index (χ2v) is 10.5. The molecule has 0 unspecified atom stereocenters. The van der Waals surface area contributed by atoms with E-state index in [4.69, 9.17) is 16.3 Å². The van der Waals surface area contributed by atoms with Crippen LogP contribution in [0.2, 0.25) is 5.02 Å². The van der Waals surface area contributed by atoms with Gasteiger partial charge in [-0.2, -0.15) is 5.10 Å². The fourth-order valence-electron chi connectivity index (χ4n) is 5.55. The number of ether oxygens (including phenoxy) is 1. The lowest BCUT2D eigenvalue weighted by Crippen LogP contribution is -2.36. The minimum atomic E-state index is -0.0132. The van der Waals surface area contributed by atoms with Crippen LogP contribution in [-0.4, -0.2) is 78.2 Å². The van der Waals surface area contributed by atoms with Crippen molar-refractivity contribution >= 4 is 40.0 Å². The number of rotatable bonds is 9. The van der Waals surface area contributed by atoms with Crippen molar-refractivity contribution in [1.82, 2.24) is 39.5 Å². The Kier molecular flexibility index (Phi) is 7.65. The molecule has 0 atom stereocenters. The van der Waals surface area contributed by atoms with Crippen LogP contribution in [0.3, 0.4) is 0 Å². The standard InChI is InChI=1S/C28H32ClN9O2/c1-2-25(39)37-9-6-19(7-10-37)21-15-30-27-26(21)28(33-17-32-27)35-20-4-5-23(22(29)14-20)40-13-3-8-36-11-12-38-24(16-36)31-18-34-38/h2,4-5,14-15,17-19H,1,3,6-13,16H2,(H2,30,32,33,35). The van der Waals surface area contributed by atoms with E-state index in [1.165, 1.54) is 6.08 Å². The van der Waals surface area contributed by atoms with E-state index in [9.17, 15) is 4.79 Å². The topological polar surface area (TPSA) is 117 Å². The van der Waals surface area contributed by atoms with E-state index in [1.54, 1.807) is 12.7 Å². The van der Waals surface area contributed by atoms with Crippen LogP contribution < -0.4 is 10.1 Å². The summed E-state index contributed by atoms with van der Waals surface area (Å²) in [5, 5.41) is 9.15. The predicted octanol–water partition coefficient (Wildman–Crippen LogP) is 4.12. The zero-order valence-corrected chi connectivity index (χ0v) is 23.0. The van der Waals surface area contributed by atoms with Crippen molar-refractivity contribution in [3.8, 4) is 5.75 Å². The second kappa shape index (κ2) is 11.6. The Hall–Kier alpha value is -3.96. The van der Waals surface area contributed by atoms with Crippen molar-refractivity contribution in [1.29, 1.82) is 0 Å². The van der Waals surface area contributed by atoms with E-state index in [0.29, 0.717) is 42.2 Å². The van der Waals surface area contributed by atoms with E-state index < -0.39 is 0 Å². The molecule has 11 nitrogen and oxygen atoms in total. The molecule has 3 aromatic heterocycles. The SMILES string of the molecule is C=CC(=O)N1CCC(c2c[nH]c3ncnc(Nc4ccc(OCCCN5CCn6ncnc6C5)c(Cl)c4)c23)CC1. The van der Waals surface area contributed by atoms with Gasteiger partial charge in [-0.05, 0) is 55.0 Å². The largest absolute Gasteiger partial charge is 0.492 e. The summed E-state index contributed by atoms with van der Waals surface area (Å²) in [6.07, 6.45) is 9.19. The van der Waals surface area contributed by atoms with Crippen LogP contribution in [0.15, 0.2) is 49.7 Å². The molecule has 6 rings (SSSR count). The number of nitrogens with one attached hydrogen (secondary N) is 2. The minimum absolute atomic E-state index is 0.0132. The van der Waals surface area contributed by atoms with Crippen LogP contribution in [0.1, 0.15) is 36.6 Å². The molecule has 4 aromatic rings. The number of carbonyl (C=O) groups excluding carboxylic acids is 1. The number of benzene rings is 1. The molecule has 0 aliphatic carbocycles. The van der Waals surface area contributed by atoms with E-state index in [1.807, 2.05) is 34.0 Å². The third-order valence-corrected chi connectivity index (χ3v) is 7.98. The van der Waals surface area contributed by atoms with Gasteiger partial charge in [-0.3, -0.25) is 9.69 Å². The molecule has 0 spiro atoms. The van der Waals surface area contributed by atoms with Crippen molar-refractivity contribution in [3.05, 3.63) is 66.1 Å². The maximum atomic E-state index is 12.0. The number of aromatic amines is 1. The molecular weight excluding hydrogens is 530 g/mol. The average molecular weight is 562 g/mol.